The molecule has 2 aliphatic rings. The van der Waals surface area contributed by atoms with Gasteiger partial charge in [-0.3, -0.25) is 0 Å². The van der Waals surface area contributed by atoms with Crippen molar-refractivity contribution in [3.05, 3.63) is 0 Å². The fraction of sp³-hybridized carbons (Fsp3) is 1.00. The Labute approximate surface area is 73.6 Å². The monoisotopic (exact) mass is 170 g/mol. The quantitative estimate of drug-likeness (QED) is 0.577. The molecular weight excluding hydrogens is 152 g/mol. The van der Waals surface area contributed by atoms with Gasteiger partial charge in [0.05, 0.1) is 12.2 Å². The minimum absolute atomic E-state index is 0.317. The Bertz CT molecular complexity index is 149. The topological polar surface area (TPSA) is 40.5 Å². The lowest BCUT2D eigenvalue weighted by Gasteiger charge is -2.32. The average molecular weight is 170 g/mol. The lowest BCUT2D eigenvalue weighted by Crippen LogP contribution is -2.21. The third-order valence-corrected chi connectivity index (χ3v) is 3.64. The van der Waals surface area contributed by atoms with Crippen LogP contribution < -0.4 is 0 Å². The molecule has 2 nitrogen and oxygen atoms in total. The maximum Gasteiger partial charge on any atom is 0.0804 e. The summed E-state index contributed by atoms with van der Waals surface area (Å²) in [6, 6.07) is 0. The fourth-order valence-corrected chi connectivity index (χ4v) is 2.95. The predicted octanol–water partition coefficient (Wildman–Crippen LogP) is 1.45. The number of aliphatic hydroxyl groups excluding tert-OH is 2. The Morgan fingerprint density at radius 2 is 1.33 bits per heavy atom. The van der Waals surface area contributed by atoms with E-state index in [1.54, 1.807) is 0 Å². The zero-order chi connectivity index (χ0) is 8.60. The molecule has 1 spiro atoms. The zero-order valence-electron chi connectivity index (χ0n) is 7.50. The molecule has 2 N–H and O–H groups in total. The summed E-state index contributed by atoms with van der Waals surface area (Å²) < 4.78 is 0. The van der Waals surface area contributed by atoms with Crippen molar-refractivity contribution in [1.82, 2.24) is 0 Å². The summed E-state index contributed by atoms with van der Waals surface area (Å²) in [7, 11) is 0. The van der Waals surface area contributed by atoms with Gasteiger partial charge in [0.25, 0.3) is 0 Å². The van der Waals surface area contributed by atoms with Crippen LogP contribution in [0.5, 0.6) is 0 Å². The van der Waals surface area contributed by atoms with Gasteiger partial charge in [-0.2, -0.15) is 0 Å². The van der Waals surface area contributed by atoms with Crippen LogP contribution in [0.4, 0.5) is 0 Å². The van der Waals surface area contributed by atoms with Crippen molar-refractivity contribution in [2.45, 2.75) is 57.2 Å². The van der Waals surface area contributed by atoms with E-state index in [0.29, 0.717) is 5.41 Å². The molecule has 0 bridgehead atoms. The van der Waals surface area contributed by atoms with Crippen LogP contribution in [0.2, 0.25) is 0 Å². The Hall–Kier alpha value is -0.0800. The highest BCUT2D eigenvalue weighted by Gasteiger charge is 2.43. The maximum atomic E-state index is 9.47. The van der Waals surface area contributed by atoms with Crippen molar-refractivity contribution in [2.24, 2.45) is 5.41 Å². The van der Waals surface area contributed by atoms with Gasteiger partial charge in [0.15, 0.2) is 0 Å². The van der Waals surface area contributed by atoms with Crippen LogP contribution in [0.1, 0.15) is 44.9 Å². The van der Waals surface area contributed by atoms with Gasteiger partial charge >= 0.3 is 0 Å². The van der Waals surface area contributed by atoms with Crippen LogP contribution in [0, 0.1) is 5.41 Å². The largest absolute Gasteiger partial charge is 0.390 e. The van der Waals surface area contributed by atoms with E-state index in [1.807, 2.05) is 0 Å². The third-order valence-electron chi connectivity index (χ3n) is 3.64. The van der Waals surface area contributed by atoms with Crippen molar-refractivity contribution < 1.29 is 10.2 Å². The van der Waals surface area contributed by atoms with Crippen molar-refractivity contribution in [1.29, 1.82) is 0 Å². The fourth-order valence-electron chi connectivity index (χ4n) is 2.95. The van der Waals surface area contributed by atoms with Crippen molar-refractivity contribution >= 4 is 0 Å². The minimum Gasteiger partial charge on any atom is -0.390 e. The standard InChI is InChI=1S/C10H18O2/c11-8-6-10(7-9(8)12)4-2-1-3-5-10/h8-9,11-12H,1-7H2. The molecule has 70 valence electrons. The molecule has 2 saturated carbocycles. The summed E-state index contributed by atoms with van der Waals surface area (Å²) >= 11 is 0. The highest BCUT2D eigenvalue weighted by atomic mass is 16.3. The van der Waals surface area contributed by atoms with Gasteiger partial charge in [-0.05, 0) is 31.1 Å². The van der Waals surface area contributed by atoms with E-state index >= 15 is 0 Å². The van der Waals surface area contributed by atoms with E-state index in [4.69, 9.17) is 0 Å². The van der Waals surface area contributed by atoms with Gasteiger partial charge in [0.2, 0.25) is 0 Å². The number of hydrogen-bond donors (Lipinski definition) is 2. The zero-order valence-corrected chi connectivity index (χ0v) is 7.50. The Morgan fingerprint density at radius 1 is 0.833 bits per heavy atom. The van der Waals surface area contributed by atoms with Gasteiger partial charge in [-0.25, -0.2) is 0 Å². The first-order valence-corrected chi connectivity index (χ1v) is 5.08. The molecule has 2 rings (SSSR count). The summed E-state index contributed by atoms with van der Waals surface area (Å²) in [6.45, 7) is 0. The first-order valence-electron chi connectivity index (χ1n) is 5.08. The van der Waals surface area contributed by atoms with Gasteiger partial charge in [-0.1, -0.05) is 19.3 Å². The van der Waals surface area contributed by atoms with Gasteiger partial charge in [0.1, 0.15) is 0 Å². The summed E-state index contributed by atoms with van der Waals surface area (Å²) in [5.41, 5.74) is 0.317. The highest BCUT2D eigenvalue weighted by Crippen LogP contribution is 2.48. The van der Waals surface area contributed by atoms with Crippen molar-refractivity contribution in [2.75, 3.05) is 0 Å². The minimum atomic E-state index is -0.442. The van der Waals surface area contributed by atoms with Crippen LogP contribution in [-0.2, 0) is 0 Å². The predicted molar refractivity (Wildman–Crippen MR) is 46.8 cm³/mol. The number of rotatable bonds is 0. The first-order chi connectivity index (χ1) is 5.72. The molecule has 0 saturated heterocycles. The molecule has 0 aromatic carbocycles. The Balaban J connectivity index is 2.02. The molecule has 0 aliphatic heterocycles. The second kappa shape index (κ2) is 3.00. The van der Waals surface area contributed by atoms with Gasteiger partial charge in [-0.15, -0.1) is 0 Å². The Kier molecular flexibility index (Phi) is 2.13. The van der Waals surface area contributed by atoms with E-state index in [9.17, 15) is 10.2 Å². The molecule has 0 heterocycles. The first kappa shape index (κ1) is 8.52. The van der Waals surface area contributed by atoms with Crippen molar-refractivity contribution in [3.63, 3.8) is 0 Å². The molecule has 0 amide bonds. The second-order valence-electron chi connectivity index (χ2n) is 4.60. The lowest BCUT2D eigenvalue weighted by atomic mass is 9.73. The summed E-state index contributed by atoms with van der Waals surface area (Å²) in [5, 5.41) is 18.9. The summed E-state index contributed by atoms with van der Waals surface area (Å²) in [5.74, 6) is 0. The van der Waals surface area contributed by atoms with Crippen LogP contribution >= 0.6 is 0 Å². The summed E-state index contributed by atoms with van der Waals surface area (Å²) in [4.78, 5) is 0. The average Bonchev–Trinajstić information content (AvgIpc) is 2.29. The van der Waals surface area contributed by atoms with Gasteiger partial charge < -0.3 is 10.2 Å². The second-order valence-corrected chi connectivity index (χ2v) is 4.60. The molecule has 12 heavy (non-hydrogen) atoms. The smallest absolute Gasteiger partial charge is 0.0804 e. The van der Waals surface area contributed by atoms with Crippen LogP contribution in [0.15, 0.2) is 0 Å². The molecule has 2 unspecified atom stereocenters. The third kappa shape index (κ3) is 1.38. The normalized spacial score (nSPS) is 40.5. The van der Waals surface area contributed by atoms with Crippen LogP contribution in [0.3, 0.4) is 0 Å². The molecule has 2 aliphatic carbocycles. The molecular formula is C10H18O2. The molecule has 2 fully saturated rings. The molecule has 0 aromatic heterocycles. The van der Waals surface area contributed by atoms with Crippen LogP contribution in [0.25, 0.3) is 0 Å². The van der Waals surface area contributed by atoms with E-state index in [-0.39, 0.29) is 0 Å². The molecule has 2 atom stereocenters. The molecule has 2 heteroatoms. The molecule has 0 aromatic rings. The van der Waals surface area contributed by atoms with Crippen LogP contribution in [-0.4, -0.2) is 22.4 Å². The van der Waals surface area contributed by atoms with Crippen molar-refractivity contribution in [3.8, 4) is 0 Å². The SMILES string of the molecule is OC1CC2(CCCCC2)CC1O. The van der Waals surface area contributed by atoms with E-state index in [2.05, 4.69) is 0 Å². The van der Waals surface area contributed by atoms with E-state index in [1.165, 1.54) is 32.1 Å². The number of hydrogen-bond acceptors (Lipinski definition) is 2. The van der Waals surface area contributed by atoms with E-state index in [0.717, 1.165) is 12.8 Å². The Morgan fingerprint density at radius 3 is 1.83 bits per heavy atom. The molecule has 0 radical (unpaired) electrons. The maximum absolute atomic E-state index is 9.47. The lowest BCUT2D eigenvalue weighted by molar-refractivity contribution is 0.0438. The summed E-state index contributed by atoms with van der Waals surface area (Å²) in [6.07, 6.45) is 7.17. The van der Waals surface area contributed by atoms with E-state index < -0.39 is 12.2 Å². The van der Waals surface area contributed by atoms with Gasteiger partial charge in [0, 0.05) is 0 Å². The highest BCUT2D eigenvalue weighted by molar-refractivity contribution is 4.95. The number of aliphatic hydroxyl groups is 2.